The average Bonchev–Trinajstić information content (AvgIpc) is 2.06. The van der Waals surface area contributed by atoms with Crippen molar-refractivity contribution in [2.24, 2.45) is 4.99 Å². The van der Waals surface area contributed by atoms with Crippen molar-refractivity contribution in [2.45, 2.75) is 17.7 Å². The molecule has 1 aliphatic rings. The number of fused-ring (bicyclic) bond motifs is 1. The molecule has 0 saturated carbocycles. The molecule has 0 spiro atoms. The molecule has 0 aliphatic carbocycles. The Balaban J connectivity index is 2.60. The predicted molar refractivity (Wildman–Crippen MR) is 50.2 cm³/mol. The molecule has 2 heteroatoms. The van der Waals surface area contributed by atoms with Gasteiger partial charge < -0.3 is 0 Å². The second kappa shape index (κ2) is 2.70. The fourth-order valence-electron chi connectivity index (χ4n) is 1.30. The maximum atomic E-state index is 4.32. The van der Waals surface area contributed by atoms with Gasteiger partial charge in [-0.3, -0.25) is 4.99 Å². The van der Waals surface area contributed by atoms with E-state index in [1.807, 2.05) is 18.3 Å². The summed E-state index contributed by atoms with van der Waals surface area (Å²) in [5.41, 5.74) is 2.38. The van der Waals surface area contributed by atoms with Gasteiger partial charge in [0.1, 0.15) is 0 Å². The van der Waals surface area contributed by atoms with Crippen LogP contribution >= 0.6 is 12.6 Å². The first-order valence-electron chi connectivity index (χ1n) is 3.71. The zero-order valence-corrected chi connectivity index (χ0v) is 7.01. The summed E-state index contributed by atoms with van der Waals surface area (Å²) >= 11 is 4.32. The normalized spacial score (nSPS) is 14.6. The third-order valence-electron chi connectivity index (χ3n) is 1.86. The van der Waals surface area contributed by atoms with Crippen molar-refractivity contribution < 1.29 is 0 Å². The number of aliphatic imine (C=N–C) groups is 1. The third-order valence-corrected chi connectivity index (χ3v) is 2.22. The van der Waals surface area contributed by atoms with E-state index in [4.69, 9.17) is 0 Å². The minimum atomic E-state index is 0.985. The molecule has 1 aliphatic heterocycles. The summed E-state index contributed by atoms with van der Waals surface area (Å²) in [6.07, 6.45) is 4.12. The fourth-order valence-corrected chi connectivity index (χ4v) is 1.59. The van der Waals surface area contributed by atoms with Gasteiger partial charge in [0.25, 0.3) is 0 Å². The Hall–Kier alpha value is -0.760. The lowest BCUT2D eigenvalue weighted by Crippen LogP contribution is -1.93. The molecule has 1 aromatic carbocycles. The Morgan fingerprint density at radius 1 is 1.36 bits per heavy atom. The molecule has 11 heavy (non-hydrogen) atoms. The fraction of sp³-hybridized carbons (Fsp3) is 0.222. The van der Waals surface area contributed by atoms with Gasteiger partial charge in [0.05, 0.1) is 5.69 Å². The van der Waals surface area contributed by atoms with Crippen LogP contribution in [0.15, 0.2) is 28.1 Å². The Labute approximate surface area is 71.6 Å². The van der Waals surface area contributed by atoms with Gasteiger partial charge in [-0.15, -0.1) is 12.6 Å². The van der Waals surface area contributed by atoms with Crippen molar-refractivity contribution >= 4 is 24.5 Å². The van der Waals surface area contributed by atoms with Gasteiger partial charge >= 0.3 is 0 Å². The molecule has 0 amide bonds. The molecule has 0 atom stereocenters. The van der Waals surface area contributed by atoms with E-state index in [1.165, 1.54) is 5.56 Å². The molecule has 2 rings (SSSR count). The number of benzene rings is 1. The second-order valence-corrected chi connectivity index (χ2v) is 3.12. The number of thiol groups is 1. The minimum Gasteiger partial charge on any atom is -0.260 e. The zero-order valence-electron chi connectivity index (χ0n) is 6.12. The smallest absolute Gasteiger partial charge is 0.0790 e. The zero-order chi connectivity index (χ0) is 7.68. The maximum absolute atomic E-state index is 4.32. The first-order valence-corrected chi connectivity index (χ1v) is 4.16. The van der Waals surface area contributed by atoms with E-state index in [0.717, 1.165) is 23.4 Å². The molecular weight excluding hydrogens is 154 g/mol. The van der Waals surface area contributed by atoms with Crippen molar-refractivity contribution in [1.82, 2.24) is 0 Å². The molecule has 0 radical (unpaired) electrons. The summed E-state index contributed by atoms with van der Waals surface area (Å²) in [5, 5.41) is 0. The summed E-state index contributed by atoms with van der Waals surface area (Å²) < 4.78 is 0. The molecule has 1 heterocycles. The number of hydrogen-bond donors (Lipinski definition) is 1. The molecule has 0 fully saturated rings. The highest BCUT2D eigenvalue weighted by Gasteiger charge is 2.06. The number of rotatable bonds is 0. The highest BCUT2D eigenvalue weighted by Crippen LogP contribution is 2.30. The molecular formula is C9H9NS. The predicted octanol–water partition coefficient (Wildman–Crippen LogP) is 2.62. The van der Waals surface area contributed by atoms with Crippen LogP contribution in [0.25, 0.3) is 0 Å². The van der Waals surface area contributed by atoms with E-state index in [-0.39, 0.29) is 0 Å². The lowest BCUT2D eigenvalue weighted by atomic mass is 10.1. The lowest BCUT2D eigenvalue weighted by molar-refractivity contribution is 1.01. The molecule has 56 valence electrons. The van der Waals surface area contributed by atoms with Crippen LogP contribution in [-0.4, -0.2) is 6.21 Å². The van der Waals surface area contributed by atoms with Crippen molar-refractivity contribution in [3.63, 3.8) is 0 Å². The molecule has 0 N–H and O–H groups in total. The van der Waals surface area contributed by atoms with Crippen LogP contribution in [0.3, 0.4) is 0 Å². The maximum Gasteiger partial charge on any atom is 0.0790 e. The molecule has 0 bridgehead atoms. The molecule has 0 aromatic heterocycles. The van der Waals surface area contributed by atoms with Gasteiger partial charge in [-0.1, -0.05) is 12.1 Å². The SMILES string of the molecule is Sc1cccc2c1N=CCC2. The minimum absolute atomic E-state index is 0.985. The van der Waals surface area contributed by atoms with Gasteiger partial charge in [-0.25, -0.2) is 0 Å². The highest BCUT2D eigenvalue weighted by molar-refractivity contribution is 7.80. The standard InChI is InChI=1S/C9H9NS/c11-8-5-1-3-7-4-2-6-10-9(7)8/h1,3,5-6,11H,2,4H2. The molecule has 0 unspecified atom stereocenters. The van der Waals surface area contributed by atoms with Crippen LogP contribution in [-0.2, 0) is 6.42 Å². The first kappa shape index (κ1) is 6.92. The number of aryl methyl sites for hydroxylation is 1. The average molecular weight is 163 g/mol. The van der Waals surface area contributed by atoms with Gasteiger partial charge in [0.2, 0.25) is 0 Å². The second-order valence-electron chi connectivity index (χ2n) is 2.64. The Morgan fingerprint density at radius 2 is 2.27 bits per heavy atom. The number of para-hydroxylation sites is 1. The molecule has 1 aromatic rings. The van der Waals surface area contributed by atoms with E-state index >= 15 is 0 Å². The van der Waals surface area contributed by atoms with E-state index in [2.05, 4.69) is 23.7 Å². The first-order chi connectivity index (χ1) is 5.38. The summed E-state index contributed by atoms with van der Waals surface area (Å²) in [7, 11) is 0. The number of hydrogen-bond acceptors (Lipinski definition) is 2. The van der Waals surface area contributed by atoms with Crippen molar-refractivity contribution in [3.05, 3.63) is 23.8 Å². The quantitative estimate of drug-likeness (QED) is 0.564. The van der Waals surface area contributed by atoms with Gasteiger partial charge in [0, 0.05) is 11.1 Å². The van der Waals surface area contributed by atoms with Crippen LogP contribution in [0.5, 0.6) is 0 Å². The van der Waals surface area contributed by atoms with Crippen molar-refractivity contribution in [2.75, 3.05) is 0 Å². The summed E-state index contributed by atoms with van der Waals surface area (Å²) in [6, 6.07) is 6.12. The Kier molecular flexibility index (Phi) is 1.70. The van der Waals surface area contributed by atoms with Crippen molar-refractivity contribution in [3.8, 4) is 0 Å². The van der Waals surface area contributed by atoms with Crippen LogP contribution in [0, 0.1) is 0 Å². The van der Waals surface area contributed by atoms with E-state index in [0.29, 0.717) is 0 Å². The third kappa shape index (κ3) is 1.18. The van der Waals surface area contributed by atoms with Gasteiger partial charge in [0.15, 0.2) is 0 Å². The largest absolute Gasteiger partial charge is 0.260 e. The van der Waals surface area contributed by atoms with Crippen molar-refractivity contribution in [1.29, 1.82) is 0 Å². The summed E-state index contributed by atoms with van der Waals surface area (Å²) in [5.74, 6) is 0. The topological polar surface area (TPSA) is 12.4 Å². The Morgan fingerprint density at radius 3 is 3.09 bits per heavy atom. The van der Waals surface area contributed by atoms with Crippen LogP contribution in [0.4, 0.5) is 5.69 Å². The van der Waals surface area contributed by atoms with Crippen LogP contribution in [0.1, 0.15) is 12.0 Å². The molecule has 1 nitrogen and oxygen atoms in total. The van der Waals surface area contributed by atoms with E-state index < -0.39 is 0 Å². The lowest BCUT2D eigenvalue weighted by Gasteiger charge is -2.10. The van der Waals surface area contributed by atoms with E-state index in [9.17, 15) is 0 Å². The van der Waals surface area contributed by atoms with Gasteiger partial charge in [-0.2, -0.15) is 0 Å². The number of nitrogens with zero attached hydrogens (tertiary/aromatic N) is 1. The Bertz CT molecular complexity index is 304. The summed E-state index contributed by atoms with van der Waals surface area (Å²) in [4.78, 5) is 5.28. The monoisotopic (exact) mass is 163 g/mol. The van der Waals surface area contributed by atoms with Gasteiger partial charge in [-0.05, 0) is 24.5 Å². The van der Waals surface area contributed by atoms with Crippen LogP contribution < -0.4 is 0 Å². The van der Waals surface area contributed by atoms with Crippen LogP contribution in [0.2, 0.25) is 0 Å². The van der Waals surface area contributed by atoms with E-state index in [1.54, 1.807) is 0 Å². The highest BCUT2D eigenvalue weighted by atomic mass is 32.1. The summed E-state index contributed by atoms with van der Waals surface area (Å²) in [6.45, 7) is 0. The molecule has 0 saturated heterocycles.